The molecule has 2 rings (SSSR count). The Kier molecular flexibility index (Phi) is 5.29. The van der Waals surface area contributed by atoms with Gasteiger partial charge in [-0.05, 0) is 51.9 Å². The van der Waals surface area contributed by atoms with Gasteiger partial charge in [-0.25, -0.2) is 0 Å². The van der Waals surface area contributed by atoms with E-state index in [4.69, 9.17) is 9.47 Å². The first-order valence-electron chi connectivity index (χ1n) is 7.72. The lowest BCUT2D eigenvalue weighted by Crippen LogP contribution is -2.50. The molecular weight excluding hydrogens is 280 g/mol. The van der Waals surface area contributed by atoms with Crippen LogP contribution in [0.3, 0.4) is 0 Å². The summed E-state index contributed by atoms with van der Waals surface area (Å²) in [4.78, 5) is 14.8. The van der Waals surface area contributed by atoms with E-state index < -0.39 is 0 Å². The fraction of sp³-hybridized carbons (Fsp3) is 0.588. The number of amides is 1. The predicted molar refractivity (Wildman–Crippen MR) is 86.8 cm³/mol. The minimum atomic E-state index is -0.107. The molecule has 0 atom stereocenters. The lowest BCUT2D eigenvalue weighted by atomic mass is 10.0. The van der Waals surface area contributed by atoms with Gasteiger partial charge in [0.2, 0.25) is 0 Å². The Morgan fingerprint density at radius 2 is 1.68 bits per heavy atom. The van der Waals surface area contributed by atoms with E-state index >= 15 is 0 Å². The van der Waals surface area contributed by atoms with Crippen LogP contribution < -0.4 is 14.8 Å². The summed E-state index contributed by atoms with van der Waals surface area (Å²) >= 11 is 0. The summed E-state index contributed by atoms with van der Waals surface area (Å²) in [7, 11) is 3.15. The SMILES string of the molecule is COc1cc(OC)cc(C(=O)NCC(C)(C)N2CCCC2)c1. The first-order valence-corrected chi connectivity index (χ1v) is 7.72. The molecule has 1 saturated heterocycles. The number of nitrogens with zero attached hydrogens (tertiary/aromatic N) is 1. The molecular formula is C17H26N2O3. The van der Waals surface area contributed by atoms with Gasteiger partial charge in [0, 0.05) is 23.7 Å². The van der Waals surface area contributed by atoms with Crippen molar-refractivity contribution in [3.63, 3.8) is 0 Å². The molecule has 0 saturated carbocycles. The van der Waals surface area contributed by atoms with E-state index in [0.717, 1.165) is 13.1 Å². The van der Waals surface area contributed by atoms with Gasteiger partial charge in [0.05, 0.1) is 14.2 Å². The van der Waals surface area contributed by atoms with E-state index in [1.165, 1.54) is 12.8 Å². The van der Waals surface area contributed by atoms with Gasteiger partial charge in [-0.3, -0.25) is 9.69 Å². The number of hydrogen-bond acceptors (Lipinski definition) is 4. The molecule has 0 radical (unpaired) electrons. The van der Waals surface area contributed by atoms with E-state index in [1.807, 2.05) is 0 Å². The molecule has 22 heavy (non-hydrogen) atoms. The topological polar surface area (TPSA) is 50.8 Å². The van der Waals surface area contributed by atoms with Crippen LogP contribution in [-0.4, -0.2) is 50.2 Å². The van der Waals surface area contributed by atoms with Crippen molar-refractivity contribution in [1.82, 2.24) is 10.2 Å². The second kappa shape index (κ2) is 7.01. The van der Waals surface area contributed by atoms with Crippen molar-refractivity contribution < 1.29 is 14.3 Å². The van der Waals surface area contributed by atoms with E-state index in [9.17, 15) is 4.79 Å². The first-order chi connectivity index (χ1) is 10.5. The minimum Gasteiger partial charge on any atom is -0.497 e. The Morgan fingerprint density at radius 1 is 1.14 bits per heavy atom. The highest BCUT2D eigenvalue weighted by atomic mass is 16.5. The Labute approximate surface area is 132 Å². The largest absolute Gasteiger partial charge is 0.497 e. The number of ether oxygens (including phenoxy) is 2. The number of hydrogen-bond donors (Lipinski definition) is 1. The molecule has 5 heteroatoms. The number of nitrogens with one attached hydrogen (secondary N) is 1. The third kappa shape index (κ3) is 3.91. The Hall–Kier alpha value is -1.75. The number of carbonyl (C=O) groups excluding carboxylic acids is 1. The van der Waals surface area contributed by atoms with Crippen molar-refractivity contribution in [3.05, 3.63) is 23.8 Å². The zero-order valence-electron chi connectivity index (χ0n) is 13.9. The molecule has 1 aromatic carbocycles. The number of carbonyl (C=O) groups is 1. The Morgan fingerprint density at radius 3 is 2.18 bits per heavy atom. The van der Waals surface area contributed by atoms with Crippen molar-refractivity contribution in [2.75, 3.05) is 33.9 Å². The minimum absolute atomic E-state index is 0.0326. The zero-order chi connectivity index (χ0) is 16.2. The van der Waals surface area contributed by atoms with Crippen LogP contribution in [0.15, 0.2) is 18.2 Å². The normalized spacial score (nSPS) is 15.6. The van der Waals surface area contributed by atoms with Crippen molar-refractivity contribution in [2.45, 2.75) is 32.2 Å². The summed E-state index contributed by atoms with van der Waals surface area (Å²) < 4.78 is 10.4. The highest BCUT2D eigenvalue weighted by Crippen LogP contribution is 2.23. The fourth-order valence-corrected chi connectivity index (χ4v) is 2.77. The molecule has 0 aliphatic carbocycles. The van der Waals surface area contributed by atoms with Gasteiger partial charge in [0.25, 0.3) is 5.91 Å². The average Bonchev–Trinajstić information content (AvgIpc) is 3.07. The molecule has 1 heterocycles. The van der Waals surface area contributed by atoms with Crippen LogP contribution in [0.25, 0.3) is 0 Å². The van der Waals surface area contributed by atoms with Crippen LogP contribution in [-0.2, 0) is 0 Å². The molecule has 0 bridgehead atoms. The first kappa shape index (κ1) is 16.6. The van der Waals surface area contributed by atoms with Crippen LogP contribution in [0, 0.1) is 0 Å². The van der Waals surface area contributed by atoms with Crippen LogP contribution >= 0.6 is 0 Å². The molecule has 122 valence electrons. The highest BCUT2D eigenvalue weighted by molar-refractivity contribution is 5.95. The van der Waals surface area contributed by atoms with Gasteiger partial charge in [-0.15, -0.1) is 0 Å². The fourth-order valence-electron chi connectivity index (χ4n) is 2.77. The van der Waals surface area contributed by atoms with Gasteiger partial charge >= 0.3 is 0 Å². The van der Waals surface area contributed by atoms with Gasteiger partial charge in [-0.2, -0.15) is 0 Å². The summed E-state index contributed by atoms with van der Waals surface area (Å²) in [5.74, 6) is 1.12. The van der Waals surface area contributed by atoms with E-state index in [0.29, 0.717) is 23.6 Å². The summed E-state index contributed by atoms with van der Waals surface area (Å²) in [5.41, 5.74) is 0.517. The number of methoxy groups -OCH3 is 2. The Bertz CT molecular complexity index is 500. The number of likely N-dealkylation sites (tertiary alicyclic amines) is 1. The number of rotatable bonds is 6. The monoisotopic (exact) mass is 306 g/mol. The molecule has 1 fully saturated rings. The van der Waals surface area contributed by atoms with Crippen LogP contribution in [0.1, 0.15) is 37.0 Å². The van der Waals surface area contributed by atoms with Gasteiger partial charge in [0.1, 0.15) is 11.5 Å². The molecule has 1 N–H and O–H groups in total. The van der Waals surface area contributed by atoms with Gasteiger partial charge < -0.3 is 14.8 Å². The van der Waals surface area contributed by atoms with Crippen LogP contribution in [0.2, 0.25) is 0 Å². The standard InChI is InChI=1S/C17H26N2O3/c1-17(2,19-7-5-6-8-19)12-18-16(20)13-9-14(21-3)11-15(10-13)22-4/h9-11H,5-8,12H2,1-4H3,(H,18,20). The van der Waals surface area contributed by atoms with E-state index in [1.54, 1.807) is 32.4 Å². The predicted octanol–water partition coefficient (Wildman–Crippen LogP) is 2.31. The highest BCUT2D eigenvalue weighted by Gasteiger charge is 2.29. The maximum Gasteiger partial charge on any atom is 0.251 e. The van der Waals surface area contributed by atoms with E-state index in [2.05, 4.69) is 24.1 Å². The van der Waals surface area contributed by atoms with Gasteiger partial charge in [-0.1, -0.05) is 0 Å². The maximum atomic E-state index is 12.4. The average molecular weight is 306 g/mol. The zero-order valence-corrected chi connectivity index (χ0v) is 13.9. The molecule has 0 unspecified atom stereocenters. The van der Waals surface area contributed by atoms with Crippen molar-refractivity contribution in [1.29, 1.82) is 0 Å². The Balaban J connectivity index is 2.02. The summed E-state index contributed by atoms with van der Waals surface area (Å²) in [6.45, 7) is 7.17. The second-order valence-electron chi connectivity index (χ2n) is 6.29. The lowest BCUT2D eigenvalue weighted by molar-refractivity contribution is 0.0901. The lowest BCUT2D eigenvalue weighted by Gasteiger charge is -2.35. The summed E-state index contributed by atoms with van der Waals surface area (Å²) in [6, 6.07) is 5.20. The molecule has 0 spiro atoms. The molecule has 1 amide bonds. The molecule has 0 aromatic heterocycles. The van der Waals surface area contributed by atoms with Crippen molar-refractivity contribution in [2.24, 2.45) is 0 Å². The van der Waals surface area contributed by atoms with Crippen LogP contribution in [0.4, 0.5) is 0 Å². The molecule has 1 aliphatic rings. The quantitative estimate of drug-likeness (QED) is 0.876. The van der Waals surface area contributed by atoms with E-state index in [-0.39, 0.29) is 11.4 Å². The number of benzene rings is 1. The third-order valence-electron chi connectivity index (χ3n) is 4.26. The second-order valence-corrected chi connectivity index (χ2v) is 6.29. The van der Waals surface area contributed by atoms with Crippen molar-refractivity contribution in [3.8, 4) is 11.5 Å². The smallest absolute Gasteiger partial charge is 0.251 e. The van der Waals surface area contributed by atoms with Crippen LogP contribution in [0.5, 0.6) is 11.5 Å². The van der Waals surface area contributed by atoms with Crippen molar-refractivity contribution >= 4 is 5.91 Å². The molecule has 5 nitrogen and oxygen atoms in total. The summed E-state index contributed by atoms with van der Waals surface area (Å²) in [6.07, 6.45) is 2.48. The summed E-state index contributed by atoms with van der Waals surface area (Å²) in [5, 5.41) is 3.03. The third-order valence-corrected chi connectivity index (χ3v) is 4.26. The maximum absolute atomic E-state index is 12.4. The molecule has 1 aromatic rings. The van der Waals surface area contributed by atoms with Gasteiger partial charge in [0.15, 0.2) is 0 Å². The molecule has 1 aliphatic heterocycles.